The molecule has 0 fully saturated rings. The maximum absolute atomic E-state index is 13.2. The second-order valence-electron chi connectivity index (χ2n) is 9.30. The Kier molecular flexibility index (Phi) is 8.95. The Labute approximate surface area is 214 Å². The number of carboxylic acids is 1. The van der Waals surface area contributed by atoms with Crippen molar-refractivity contribution in [1.82, 2.24) is 15.6 Å². The van der Waals surface area contributed by atoms with Gasteiger partial charge in [-0.1, -0.05) is 24.3 Å². The predicted molar refractivity (Wildman–Crippen MR) is 137 cm³/mol. The van der Waals surface area contributed by atoms with Crippen molar-refractivity contribution in [2.75, 3.05) is 7.11 Å². The van der Waals surface area contributed by atoms with E-state index in [2.05, 4.69) is 15.6 Å². The molecule has 1 aromatic heterocycles. The van der Waals surface area contributed by atoms with Crippen LogP contribution in [0.4, 0.5) is 4.39 Å². The van der Waals surface area contributed by atoms with Gasteiger partial charge in [-0.05, 0) is 68.7 Å². The zero-order valence-electron chi connectivity index (χ0n) is 21.0. The summed E-state index contributed by atoms with van der Waals surface area (Å²) >= 11 is 0. The molecule has 0 bridgehead atoms. The molecule has 37 heavy (non-hydrogen) atoms. The van der Waals surface area contributed by atoms with Gasteiger partial charge in [0.05, 0.1) is 18.4 Å². The van der Waals surface area contributed by atoms with E-state index in [1.807, 2.05) is 24.3 Å². The van der Waals surface area contributed by atoms with Crippen LogP contribution < -0.4 is 15.4 Å². The van der Waals surface area contributed by atoms with E-state index in [1.165, 1.54) is 18.3 Å². The molecule has 9 heteroatoms. The second-order valence-corrected chi connectivity index (χ2v) is 9.30. The summed E-state index contributed by atoms with van der Waals surface area (Å²) in [7, 11) is 1.57. The van der Waals surface area contributed by atoms with Crippen molar-refractivity contribution in [2.24, 2.45) is 0 Å². The van der Waals surface area contributed by atoms with E-state index in [0.717, 1.165) is 11.1 Å². The molecule has 1 atom stereocenters. The monoisotopic (exact) mass is 507 g/mol. The lowest BCUT2D eigenvalue weighted by Crippen LogP contribution is -2.54. The highest BCUT2D eigenvalue weighted by molar-refractivity contribution is 5.97. The van der Waals surface area contributed by atoms with Crippen LogP contribution in [0.25, 0.3) is 11.3 Å². The number of hydrogen-bond acceptors (Lipinski definition) is 5. The van der Waals surface area contributed by atoms with E-state index < -0.39 is 29.4 Å². The number of carboxylic acid groups (broad SMARTS) is 1. The summed E-state index contributed by atoms with van der Waals surface area (Å²) in [5.74, 6) is -1.82. The summed E-state index contributed by atoms with van der Waals surface area (Å²) in [6, 6.07) is 15.5. The Morgan fingerprint density at radius 2 is 1.81 bits per heavy atom. The normalized spacial score (nSPS) is 11.9. The van der Waals surface area contributed by atoms with Gasteiger partial charge in [-0.25, -0.2) is 4.39 Å². The number of nitrogens with zero attached hydrogens (tertiary/aromatic N) is 1. The van der Waals surface area contributed by atoms with Gasteiger partial charge in [0.15, 0.2) is 0 Å². The number of ether oxygens (including phenoxy) is 1. The van der Waals surface area contributed by atoms with Crippen LogP contribution in [0.3, 0.4) is 0 Å². The Bertz CT molecular complexity index is 1240. The third-order valence-corrected chi connectivity index (χ3v) is 5.68. The molecule has 0 aliphatic heterocycles. The molecule has 0 saturated heterocycles. The number of amides is 2. The van der Waals surface area contributed by atoms with Gasteiger partial charge in [0.1, 0.15) is 17.6 Å². The summed E-state index contributed by atoms with van der Waals surface area (Å²) in [5, 5.41) is 14.6. The molecule has 0 unspecified atom stereocenters. The third-order valence-electron chi connectivity index (χ3n) is 5.68. The molecule has 2 amide bonds. The zero-order chi connectivity index (χ0) is 27.0. The number of rotatable bonds is 11. The molecule has 3 aromatic rings. The van der Waals surface area contributed by atoms with E-state index in [1.54, 1.807) is 45.2 Å². The number of aromatic nitrogens is 1. The van der Waals surface area contributed by atoms with Gasteiger partial charge in [-0.2, -0.15) is 0 Å². The summed E-state index contributed by atoms with van der Waals surface area (Å²) in [5.41, 5.74) is 1.76. The summed E-state index contributed by atoms with van der Waals surface area (Å²) in [4.78, 5) is 41.5. The molecular weight excluding hydrogens is 477 g/mol. The van der Waals surface area contributed by atoms with Crippen LogP contribution in [0.1, 0.15) is 42.6 Å². The number of aliphatic carboxylic acids is 1. The Balaban J connectivity index is 1.70. The first kappa shape index (κ1) is 27.3. The molecule has 0 spiro atoms. The van der Waals surface area contributed by atoms with Crippen LogP contribution in [0.15, 0.2) is 66.9 Å². The molecule has 1 heterocycles. The average molecular weight is 508 g/mol. The van der Waals surface area contributed by atoms with Gasteiger partial charge in [-0.15, -0.1) is 0 Å². The van der Waals surface area contributed by atoms with E-state index in [-0.39, 0.29) is 24.2 Å². The van der Waals surface area contributed by atoms with Gasteiger partial charge in [0.2, 0.25) is 5.91 Å². The lowest BCUT2D eigenvalue weighted by molar-refractivity contribution is -0.137. The van der Waals surface area contributed by atoms with Gasteiger partial charge < -0.3 is 20.5 Å². The fraction of sp³-hybridized carbons (Fsp3) is 0.286. The van der Waals surface area contributed by atoms with E-state index in [9.17, 15) is 18.8 Å². The van der Waals surface area contributed by atoms with Crippen molar-refractivity contribution < 1.29 is 28.6 Å². The average Bonchev–Trinajstić information content (AvgIpc) is 2.87. The maximum Gasteiger partial charge on any atom is 0.303 e. The van der Waals surface area contributed by atoms with E-state index in [0.29, 0.717) is 17.9 Å². The largest absolute Gasteiger partial charge is 0.497 e. The maximum atomic E-state index is 13.2. The number of halogens is 1. The molecule has 0 radical (unpaired) electrons. The number of nitrogens with one attached hydrogen (secondary N) is 2. The molecule has 8 nitrogen and oxygen atoms in total. The number of carbonyl (C=O) groups is 3. The summed E-state index contributed by atoms with van der Waals surface area (Å²) in [6.07, 6.45) is 1.42. The summed E-state index contributed by atoms with van der Waals surface area (Å²) < 4.78 is 18.4. The van der Waals surface area contributed by atoms with Crippen LogP contribution >= 0.6 is 0 Å². The fourth-order valence-electron chi connectivity index (χ4n) is 3.84. The molecule has 2 aromatic carbocycles. The predicted octanol–water partition coefficient (Wildman–Crippen LogP) is 4.00. The van der Waals surface area contributed by atoms with Crippen LogP contribution in [0.2, 0.25) is 0 Å². The highest BCUT2D eigenvalue weighted by Gasteiger charge is 2.28. The first-order chi connectivity index (χ1) is 17.6. The van der Waals surface area contributed by atoms with Crippen molar-refractivity contribution in [2.45, 2.75) is 44.7 Å². The van der Waals surface area contributed by atoms with Crippen LogP contribution in [0, 0.1) is 5.82 Å². The van der Waals surface area contributed by atoms with Crippen molar-refractivity contribution >= 4 is 17.8 Å². The topological polar surface area (TPSA) is 118 Å². The smallest absolute Gasteiger partial charge is 0.303 e. The van der Waals surface area contributed by atoms with Crippen molar-refractivity contribution in [1.29, 1.82) is 0 Å². The van der Waals surface area contributed by atoms with Crippen molar-refractivity contribution in [3.63, 3.8) is 0 Å². The number of hydrogen-bond donors (Lipinski definition) is 3. The van der Waals surface area contributed by atoms with Crippen molar-refractivity contribution in [3.05, 3.63) is 83.8 Å². The lowest BCUT2D eigenvalue weighted by atomic mass is 9.94. The second kappa shape index (κ2) is 12.1. The molecule has 0 aliphatic rings. The van der Waals surface area contributed by atoms with E-state index >= 15 is 0 Å². The molecule has 3 N–H and O–H groups in total. The first-order valence-corrected chi connectivity index (χ1v) is 11.8. The Morgan fingerprint density at radius 3 is 2.43 bits per heavy atom. The minimum atomic E-state index is -1.08. The van der Waals surface area contributed by atoms with Crippen LogP contribution in [0.5, 0.6) is 5.75 Å². The SMILES string of the molecule is COc1cccc(-c2ccc(C(=O)N[C@@H](CCC(=O)O)C(=O)NC(C)(C)Cc3ccc(F)cc3)cn2)c1. The lowest BCUT2D eigenvalue weighted by Gasteiger charge is -2.29. The minimum absolute atomic E-state index is 0.0884. The van der Waals surface area contributed by atoms with Crippen molar-refractivity contribution in [3.8, 4) is 17.0 Å². The number of methoxy groups -OCH3 is 1. The standard InChI is InChI=1S/C28H30FN3O5/c1-28(2,16-18-7-10-21(29)11-8-18)32-27(36)24(13-14-25(33)34)31-26(35)20-9-12-23(30-17-20)19-5-4-6-22(15-19)37-3/h4-12,15,17,24H,13-14,16H2,1-3H3,(H,31,35)(H,32,36)(H,33,34)/t24-/m0/s1. The Morgan fingerprint density at radius 1 is 1.08 bits per heavy atom. The number of carbonyl (C=O) groups excluding carboxylic acids is 2. The first-order valence-electron chi connectivity index (χ1n) is 11.8. The van der Waals surface area contributed by atoms with Crippen LogP contribution in [-0.2, 0) is 16.0 Å². The van der Waals surface area contributed by atoms with Gasteiger partial charge in [0, 0.05) is 23.7 Å². The summed E-state index contributed by atoms with van der Waals surface area (Å²) in [6.45, 7) is 3.59. The highest BCUT2D eigenvalue weighted by Crippen LogP contribution is 2.22. The quantitative estimate of drug-likeness (QED) is 0.361. The molecule has 0 saturated carbocycles. The third kappa shape index (κ3) is 8.13. The van der Waals surface area contributed by atoms with Gasteiger partial charge >= 0.3 is 5.97 Å². The fourth-order valence-corrected chi connectivity index (χ4v) is 3.84. The van der Waals surface area contributed by atoms with Gasteiger partial charge in [-0.3, -0.25) is 19.4 Å². The van der Waals surface area contributed by atoms with Crippen LogP contribution in [-0.4, -0.2) is 46.6 Å². The number of benzene rings is 2. The number of pyridine rings is 1. The molecule has 3 rings (SSSR count). The Hall–Kier alpha value is -4.27. The van der Waals surface area contributed by atoms with E-state index in [4.69, 9.17) is 9.84 Å². The zero-order valence-corrected chi connectivity index (χ0v) is 21.0. The molecular formula is C28H30FN3O5. The highest BCUT2D eigenvalue weighted by atomic mass is 19.1. The van der Waals surface area contributed by atoms with Gasteiger partial charge in [0.25, 0.3) is 5.91 Å². The minimum Gasteiger partial charge on any atom is -0.497 e. The molecule has 0 aliphatic carbocycles. The molecule has 194 valence electrons.